The van der Waals surface area contributed by atoms with E-state index in [0.717, 1.165) is 0 Å². The van der Waals surface area contributed by atoms with Gasteiger partial charge in [-0.15, -0.1) is 0 Å². The van der Waals surface area contributed by atoms with Crippen LogP contribution in [0.2, 0.25) is 0 Å². The van der Waals surface area contributed by atoms with Gasteiger partial charge in [-0.05, 0) is 55.0 Å². The van der Waals surface area contributed by atoms with Crippen LogP contribution >= 0.6 is 0 Å². The molecular weight excluding hydrogens is 350 g/mol. The van der Waals surface area contributed by atoms with Crippen LogP contribution in [0.25, 0.3) is 0 Å². The molecule has 3 aromatic rings. The van der Waals surface area contributed by atoms with Crippen LogP contribution in [0.1, 0.15) is 15.9 Å². The molecule has 0 bridgehead atoms. The lowest BCUT2D eigenvalue weighted by atomic mass is 10.1. The third-order valence-corrected chi connectivity index (χ3v) is 5.09. The zero-order chi connectivity index (χ0) is 18.6. The van der Waals surface area contributed by atoms with Crippen molar-refractivity contribution in [2.24, 2.45) is 0 Å². The second-order valence-electron chi connectivity index (χ2n) is 5.64. The summed E-state index contributed by atoms with van der Waals surface area (Å²) in [4.78, 5) is 16.4. The highest BCUT2D eigenvalue weighted by Gasteiger charge is 2.15. The molecule has 0 unspecified atom stereocenters. The second-order valence-corrected chi connectivity index (χ2v) is 7.33. The molecule has 1 aromatic heterocycles. The largest absolute Gasteiger partial charge is 0.321 e. The number of nitrogens with one attached hydrogen (secondary N) is 2. The molecule has 1 heterocycles. The molecule has 2 N–H and O–H groups in total. The van der Waals surface area contributed by atoms with Crippen LogP contribution in [0.15, 0.2) is 78.0 Å². The predicted octanol–water partition coefficient (Wildman–Crippen LogP) is 3.44. The Morgan fingerprint density at radius 1 is 1.00 bits per heavy atom. The minimum atomic E-state index is -3.68. The van der Waals surface area contributed by atoms with Crippen molar-refractivity contribution in [3.63, 3.8) is 0 Å². The van der Waals surface area contributed by atoms with Gasteiger partial charge in [0, 0.05) is 11.8 Å². The molecule has 0 saturated carbocycles. The van der Waals surface area contributed by atoms with Crippen molar-refractivity contribution in [1.29, 1.82) is 0 Å². The highest BCUT2D eigenvalue weighted by Crippen LogP contribution is 2.21. The van der Waals surface area contributed by atoms with Crippen molar-refractivity contribution >= 4 is 27.3 Å². The van der Waals surface area contributed by atoms with E-state index in [2.05, 4.69) is 15.0 Å². The normalized spacial score (nSPS) is 11.0. The van der Waals surface area contributed by atoms with Gasteiger partial charge in [0.15, 0.2) is 0 Å². The molecule has 26 heavy (non-hydrogen) atoms. The molecule has 1 amide bonds. The molecule has 0 spiro atoms. The van der Waals surface area contributed by atoms with Crippen LogP contribution in [-0.2, 0) is 10.0 Å². The van der Waals surface area contributed by atoms with Gasteiger partial charge in [0.1, 0.15) is 0 Å². The van der Waals surface area contributed by atoms with Gasteiger partial charge in [-0.1, -0.05) is 18.2 Å². The number of hydrogen-bond donors (Lipinski definition) is 2. The van der Waals surface area contributed by atoms with Crippen molar-refractivity contribution in [3.8, 4) is 0 Å². The summed E-state index contributed by atoms with van der Waals surface area (Å²) in [5.74, 6) is -0.293. The van der Waals surface area contributed by atoms with E-state index < -0.39 is 10.0 Å². The fourth-order valence-electron chi connectivity index (χ4n) is 2.36. The van der Waals surface area contributed by atoms with Crippen LogP contribution in [0.5, 0.6) is 0 Å². The van der Waals surface area contributed by atoms with E-state index in [1.165, 1.54) is 12.1 Å². The van der Waals surface area contributed by atoms with Gasteiger partial charge in [-0.2, -0.15) is 0 Å². The molecule has 0 fully saturated rings. The van der Waals surface area contributed by atoms with Crippen molar-refractivity contribution in [3.05, 3.63) is 84.2 Å². The molecule has 0 aliphatic rings. The molecule has 2 aromatic carbocycles. The molecule has 0 radical (unpaired) electrons. The van der Waals surface area contributed by atoms with E-state index >= 15 is 0 Å². The zero-order valence-corrected chi connectivity index (χ0v) is 14.8. The average molecular weight is 367 g/mol. The molecule has 132 valence electrons. The average Bonchev–Trinajstić information content (AvgIpc) is 2.65. The first-order valence-electron chi connectivity index (χ1n) is 7.85. The maximum absolute atomic E-state index is 12.4. The van der Waals surface area contributed by atoms with E-state index in [0.29, 0.717) is 22.5 Å². The van der Waals surface area contributed by atoms with Gasteiger partial charge in [0.25, 0.3) is 15.9 Å². The van der Waals surface area contributed by atoms with Gasteiger partial charge in [-0.25, -0.2) is 8.42 Å². The Morgan fingerprint density at radius 3 is 2.42 bits per heavy atom. The summed E-state index contributed by atoms with van der Waals surface area (Å²) in [7, 11) is -3.68. The lowest BCUT2D eigenvalue weighted by Crippen LogP contribution is -2.15. The van der Waals surface area contributed by atoms with E-state index in [-0.39, 0.29) is 10.8 Å². The third-order valence-electron chi connectivity index (χ3n) is 3.71. The first-order valence-corrected chi connectivity index (χ1v) is 9.34. The molecule has 3 rings (SSSR count). The topological polar surface area (TPSA) is 88.2 Å². The Labute approximate surface area is 152 Å². The summed E-state index contributed by atoms with van der Waals surface area (Å²) in [6.45, 7) is 1.74. The van der Waals surface area contributed by atoms with Crippen molar-refractivity contribution < 1.29 is 13.2 Å². The van der Waals surface area contributed by atoms with Gasteiger partial charge >= 0.3 is 0 Å². The fourth-order valence-corrected chi connectivity index (χ4v) is 3.51. The van der Waals surface area contributed by atoms with Crippen molar-refractivity contribution in [2.45, 2.75) is 11.8 Å². The molecule has 7 heteroatoms. The quantitative estimate of drug-likeness (QED) is 0.723. The van der Waals surface area contributed by atoms with Crippen LogP contribution < -0.4 is 10.0 Å². The summed E-state index contributed by atoms with van der Waals surface area (Å²) < 4.78 is 27.4. The monoisotopic (exact) mass is 367 g/mol. The highest BCUT2D eigenvalue weighted by molar-refractivity contribution is 7.92. The number of sulfonamides is 1. The lowest BCUT2D eigenvalue weighted by Gasteiger charge is -2.12. The van der Waals surface area contributed by atoms with E-state index in [1.54, 1.807) is 67.8 Å². The number of benzene rings is 2. The Hall–Kier alpha value is -3.19. The standard InChI is InChI=1S/C19H17N3O3S/c1-14-12-15(19(23)21-16-6-5-11-20-13-16)9-10-18(14)22-26(24,25)17-7-3-2-4-8-17/h2-13,22H,1H3,(H,21,23). The van der Waals surface area contributed by atoms with Gasteiger partial charge in [0.2, 0.25) is 0 Å². The van der Waals surface area contributed by atoms with Crippen LogP contribution in [0.3, 0.4) is 0 Å². The third kappa shape index (κ3) is 4.07. The van der Waals surface area contributed by atoms with Crippen LogP contribution in [0.4, 0.5) is 11.4 Å². The number of hydrogen-bond acceptors (Lipinski definition) is 4. The van der Waals surface area contributed by atoms with Crippen LogP contribution in [-0.4, -0.2) is 19.3 Å². The minimum absolute atomic E-state index is 0.179. The highest BCUT2D eigenvalue weighted by atomic mass is 32.2. The predicted molar refractivity (Wildman–Crippen MR) is 101 cm³/mol. The molecule has 0 atom stereocenters. The Bertz CT molecular complexity index is 1020. The molecule has 0 aliphatic carbocycles. The lowest BCUT2D eigenvalue weighted by molar-refractivity contribution is 0.102. The van der Waals surface area contributed by atoms with Gasteiger partial charge in [-0.3, -0.25) is 14.5 Å². The number of pyridine rings is 1. The first kappa shape index (κ1) is 17.6. The molecular formula is C19H17N3O3S. The number of carbonyl (C=O) groups excluding carboxylic acids is 1. The van der Waals surface area contributed by atoms with Crippen molar-refractivity contribution in [1.82, 2.24) is 4.98 Å². The van der Waals surface area contributed by atoms with E-state index in [1.807, 2.05) is 0 Å². The second kappa shape index (κ2) is 7.37. The number of carbonyl (C=O) groups is 1. The first-order chi connectivity index (χ1) is 12.5. The smallest absolute Gasteiger partial charge is 0.261 e. The number of nitrogens with zero attached hydrogens (tertiary/aromatic N) is 1. The van der Waals surface area contributed by atoms with E-state index in [9.17, 15) is 13.2 Å². The summed E-state index contributed by atoms with van der Waals surface area (Å²) in [5.41, 5.74) is 2.08. The molecule has 6 nitrogen and oxygen atoms in total. The Morgan fingerprint density at radius 2 is 1.77 bits per heavy atom. The minimum Gasteiger partial charge on any atom is -0.321 e. The summed E-state index contributed by atoms with van der Waals surface area (Å²) in [6, 6.07) is 16.4. The van der Waals surface area contributed by atoms with Crippen molar-refractivity contribution in [2.75, 3.05) is 10.0 Å². The molecule has 0 aliphatic heterocycles. The van der Waals surface area contributed by atoms with Crippen LogP contribution in [0, 0.1) is 6.92 Å². The Kier molecular flexibility index (Phi) is 4.99. The Balaban J connectivity index is 1.78. The number of amides is 1. The summed E-state index contributed by atoms with van der Waals surface area (Å²) in [5, 5.41) is 2.74. The van der Waals surface area contributed by atoms with Gasteiger partial charge < -0.3 is 5.32 Å². The number of aryl methyl sites for hydroxylation is 1. The molecule has 0 saturated heterocycles. The zero-order valence-electron chi connectivity index (χ0n) is 14.0. The maximum atomic E-state index is 12.4. The number of aromatic nitrogens is 1. The van der Waals surface area contributed by atoms with E-state index in [4.69, 9.17) is 0 Å². The number of anilines is 2. The van der Waals surface area contributed by atoms with Gasteiger partial charge in [0.05, 0.1) is 22.5 Å². The summed E-state index contributed by atoms with van der Waals surface area (Å²) in [6.07, 6.45) is 3.17. The SMILES string of the molecule is Cc1cc(C(=O)Nc2cccnc2)ccc1NS(=O)(=O)c1ccccc1. The fraction of sp³-hybridized carbons (Fsp3) is 0.0526. The number of rotatable bonds is 5. The maximum Gasteiger partial charge on any atom is 0.261 e. The summed E-state index contributed by atoms with van der Waals surface area (Å²) >= 11 is 0.